The van der Waals surface area contributed by atoms with Crippen molar-refractivity contribution >= 4 is 5.91 Å². The van der Waals surface area contributed by atoms with Crippen LogP contribution in [0.25, 0.3) is 11.4 Å². The van der Waals surface area contributed by atoms with Crippen molar-refractivity contribution in [3.63, 3.8) is 0 Å². The van der Waals surface area contributed by atoms with Crippen molar-refractivity contribution in [2.45, 2.75) is 19.4 Å². The Kier molecular flexibility index (Phi) is 5.32. The number of hydrogen-bond acceptors (Lipinski definition) is 5. The Morgan fingerprint density at radius 1 is 1.21 bits per heavy atom. The lowest BCUT2D eigenvalue weighted by Gasteiger charge is -2.33. The highest BCUT2D eigenvalue weighted by molar-refractivity contribution is 5.94. The number of imidazole rings is 1. The summed E-state index contributed by atoms with van der Waals surface area (Å²) in [5, 5.41) is 0. The number of amides is 1. The molecule has 2 aromatic heterocycles. The van der Waals surface area contributed by atoms with Crippen LogP contribution in [0.3, 0.4) is 0 Å². The van der Waals surface area contributed by atoms with Crippen LogP contribution in [0, 0.1) is 5.92 Å². The molecule has 1 aromatic carbocycles. The van der Waals surface area contributed by atoms with E-state index in [9.17, 15) is 4.79 Å². The van der Waals surface area contributed by atoms with E-state index in [4.69, 9.17) is 4.74 Å². The summed E-state index contributed by atoms with van der Waals surface area (Å²) in [5.41, 5.74) is 1.54. The van der Waals surface area contributed by atoms with Gasteiger partial charge in [-0.2, -0.15) is 4.98 Å². The predicted molar refractivity (Wildman–Crippen MR) is 105 cm³/mol. The van der Waals surface area contributed by atoms with Crippen LogP contribution < -0.4 is 4.74 Å². The van der Waals surface area contributed by atoms with Crippen LogP contribution >= 0.6 is 0 Å². The molecular weight excluding hydrogens is 354 g/mol. The van der Waals surface area contributed by atoms with Gasteiger partial charge in [0.2, 0.25) is 5.88 Å². The lowest BCUT2D eigenvalue weighted by atomic mass is 9.97. The van der Waals surface area contributed by atoms with Gasteiger partial charge in [0, 0.05) is 55.4 Å². The number of aromatic nitrogens is 4. The maximum atomic E-state index is 13.0. The first-order chi connectivity index (χ1) is 13.7. The average Bonchev–Trinajstić information content (AvgIpc) is 3.26. The molecule has 0 radical (unpaired) electrons. The molecule has 7 nitrogen and oxygen atoms in total. The Labute approximate surface area is 164 Å². The molecule has 3 heterocycles. The van der Waals surface area contributed by atoms with Crippen LogP contribution in [0.4, 0.5) is 0 Å². The molecule has 4 rings (SSSR count). The maximum absolute atomic E-state index is 13.0. The monoisotopic (exact) mass is 377 g/mol. The highest BCUT2D eigenvalue weighted by Gasteiger charge is 2.24. The smallest absolute Gasteiger partial charge is 0.253 e. The second-order valence-corrected chi connectivity index (χ2v) is 7.02. The summed E-state index contributed by atoms with van der Waals surface area (Å²) in [7, 11) is 1.58. The zero-order chi connectivity index (χ0) is 19.3. The van der Waals surface area contributed by atoms with Gasteiger partial charge >= 0.3 is 0 Å². The molecule has 144 valence electrons. The first-order valence-corrected chi connectivity index (χ1v) is 9.45. The van der Waals surface area contributed by atoms with Crippen LogP contribution in [0.2, 0.25) is 0 Å². The Balaban J connectivity index is 1.44. The third-order valence-electron chi connectivity index (χ3n) is 5.06. The normalized spacial score (nSPS) is 16.8. The van der Waals surface area contributed by atoms with Gasteiger partial charge in [-0.3, -0.25) is 4.79 Å². The van der Waals surface area contributed by atoms with Gasteiger partial charge in [-0.05, 0) is 30.9 Å². The molecule has 0 aliphatic carbocycles. The number of hydrogen-bond donors (Lipinski definition) is 0. The molecule has 0 unspecified atom stereocenters. The van der Waals surface area contributed by atoms with Crippen LogP contribution in [0.15, 0.2) is 55.2 Å². The number of methoxy groups -OCH3 is 1. The van der Waals surface area contributed by atoms with E-state index in [-0.39, 0.29) is 5.91 Å². The minimum Gasteiger partial charge on any atom is -0.481 e. The van der Waals surface area contributed by atoms with Crippen molar-refractivity contribution in [3.05, 3.63) is 60.8 Å². The van der Waals surface area contributed by atoms with Crippen molar-refractivity contribution in [1.29, 1.82) is 0 Å². The van der Waals surface area contributed by atoms with Crippen molar-refractivity contribution < 1.29 is 9.53 Å². The summed E-state index contributed by atoms with van der Waals surface area (Å²) in [6.45, 7) is 2.48. The van der Waals surface area contributed by atoms with E-state index in [1.165, 1.54) is 0 Å². The first kappa shape index (κ1) is 18.2. The van der Waals surface area contributed by atoms with E-state index in [0.717, 1.165) is 38.0 Å². The quantitative estimate of drug-likeness (QED) is 0.684. The standard InChI is InChI=1S/C21H23N5O2/c1-28-19-8-9-23-20(24-19)17-4-6-18(7-5-17)21(27)26-11-2-3-16(14-26)13-25-12-10-22-15-25/h4-10,12,15-16H,2-3,11,13-14H2,1H3/t16-/m0/s1. The molecule has 0 saturated carbocycles. The van der Waals surface area contributed by atoms with Gasteiger partial charge in [0.05, 0.1) is 13.4 Å². The largest absolute Gasteiger partial charge is 0.481 e. The van der Waals surface area contributed by atoms with E-state index in [2.05, 4.69) is 19.5 Å². The van der Waals surface area contributed by atoms with Gasteiger partial charge in [0.15, 0.2) is 5.82 Å². The van der Waals surface area contributed by atoms with E-state index in [0.29, 0.717) is 23.2 Å². The zero-order valence-electron chi connectivity index (χ0n) is 15.9. The number of likely N-dealkylation sites (tertiary alicyclic amines) is 1. The van der Waals surface area contributed by atoms with Crippen molar-refractivity contribution in [3.8, 4) is 17.3 Å². The van der Waals surface area contributed by atoms with E-state index in [1.807, 2.05) is 41.7 Å². The summed E-state index contributed by atoms with van der Waals surface area (Å²) < 4.78 is 7.23. The number of nitrogens with zero attached hydrogens (tertiary/aromatic N) is 5. The zero-order valence-corrected chi connectivity index (χ0v) is 15.9. The Bertz CT molecular complexity index is 924. The summed E-state index contributed by atoms with van der Waals surface area (Å²) in [6.07, 6.45) is 9.42. The number of benzene rings is 1. The van der Waals surface area contributed by atoms with Gasteiger partial charge < -0.3 is 14.2 Å². The Morgan fingerprint density at radius 3 is 2.82 bits per heavy atom. The number of rotatable bonds is 5. The molecule has 1 aliphatic heterocycles. The fourth-order valence-corrected chi connectivity index (χ4v) is 3.63. The van der Waals surface area contributed by atoms with Crippen molar-refractivity contribution in [1.82, 2.24) is 24.4 Å². The van der Waals surface area contributed by atoms with Gasteiger partial charge in [-0.1, -0.05) is 12.1 Å². The summed E-state index contributed by atoms with van der Waals surface area (Å²) in [5.74, 6) is 1.63. The van der Waals surface area contributed by atoms with Gasteiger partial charge in [-0.25, -0.2) is 9.97 Å². The van der Waals surface area contributed by atoms with E-state index in [1.54, 1.807) is 25.6 Å². The Hall–Kier alpha value is -3.22. The number of ether oxygens (including phenoxy) is 1. The first-order valence-electron chi connectivity index (χ1n) is 9.45. The van der Waals surface area contributed by atoms with E-state index < -0.39 is 0 Å². The third kappa shape index (κ3) is 4.03. The second-order valence-electron chi connectivity index (χ2n) is 7.02. The second kappa shape index (κ2) is 8.21. The predicted octanol–water partition coefficient (Wildman–Crippen LogP) is 2.90. The number of piperidine rings is 1. The third-order valence-corrected chi connectivity index (χ3v) is 5.06. The Morgan fingerprint density at radius 2 is 2.07 bits per heavy atom. The molecule has 7 heteroatoms. The summed E-state index contributed by atoms with van der Waals surface area (Å²) in [4.78, 5) is 27.6. The number of carbonyl (C=O) groups excluding carboxylic acids is 1. The van der Waals surface area contributed by atoms with Crippen LogP contribution in [0.5, 0.6) is 5.88 Å². The average molecular weight is 377 g/mol. The summed E-state index contributed by atoms with van der Waals surface area (Å²) >= 11 is 0. The lowest BCUT2D eigenvalue weighted by molar-refractivity contribution is 0.0662. The minimum atomic E-state index is 0.0773. The van der Waals surface area contributed by atoms with Crippen molar-refractivity contribution in [2.24, 2.45) is 5.92 Å². The fourth-order valence-electron chi connectivity index (χ4n) is 3.63. The van der Waals surface area contributed by atoms with Crippen molar-refractivity contribution in [2.75, 3.05) is 20.2 Å². The molecule has 0 spiro atoms. The molecule has 3 aromatic rings. The topological polar surface area (TPSA) is 73.1 Å². The SMILES string of the molecule is COc1ccnc(-c2ccc(C(=O)N3CCC[C@@H](Cn4ccnc4)C3)cc2)n1. The molecule has 0 bridgehead atoms. The fraction of sp³-hybridized carbons (Fsp3) is 0.333. The maximum Gasteiger partial charge on any atom is 0.253 e. The molecule has 1 saturated heterocycles. The van der Waals surface area contributed by atoms with Crippen LogP contribution in [0.1, 0.15) is 23.2 Å². The van der Waals surface area contributed by atoms with Crippen LogP contribution in [-0.2, 0) is 6.54 Å². The molecule has 28 heavy (non-hydrogen) atoms. The minimum absolute atomic E-state index is 0.0773. The van der Waals surface area contributed by atoms with Crippen LogP contribution in [-0.4, -0.2) is 50.5 Å². The highest BCUT2D eigenvalue weighted by Crippen LogP contribution is 2.22. The van der Waals surface area contributed by atoms with Gasteiger partial charge in [-0.15, -0.1) is 0 Å². The lowest BCUT2D eigenvalue weighted by Crippen LogP contribution is -2.41. The summed E-state index contributed by atoms with van der Waals surface area (Å²) in [6, 6.07) is 9.17. The highest BCUT2D eigenvalue weighted by atomic mass is 16.5. The molecule has 1 fully saturated rings. The molecule has 1 amide bonds. The number of carbonyl (C=O) groups is 1. The molecule has 1 aliphatic rings. The molecular formula is C21H23N5O2. The van der Waals surface area contributed by atoms with Gasteiger partial charge in [0.1, 0.15) is 0 Å². The molecule has 0 N–H and O–H groups in total. The van der Waals surface area contributed by atoms with Gasteiger partial charge in [0.25, 0.3) is 5.91 Å². The molecule has 1 atom stereocenters. The van der Waals surface area contributed by atoms with E-state index >= 15 is 0 Å².